The summed E-state index contributed by atoms with van der Waals surface area (Å²) in [5.74, 6) is 0.364. The second-order valence-corrected chi connectivity index (χ2v) is 9.56. The molecular formula is C24H26N2O6. The van der Waals surface area contributed by atoms with Crippen molar-refractivity contribution in [2.24, 2.45) is 5.92 Å². The summed E-state index contributed by atoms with van der Waals surface area (Å²) in [6, 6.07) is 8.21. The number of phenolic OH excluding ortho intramolecular Hbond substituents is 1. The molecule has 4 heterocycles. The van der Waals surface area contributed by atoms with Crippen LogP contribution in [0.25, 0.3) is 0 Å². The van der Waals surface area contributed by atoms with Crippen LogP contribution in [0.4, 0.5) is 0 Å². The highest BCUT2D eigenvalue weighted by molar-refractivity contribution is 6.03. The zero-order chi connectivity index (χ0) is 22.6. The topological polar surface area (TPSA) is 98.1 Å². The fraction of sp³-hybridized carbons (Fsp3) is 0.458. The van der Waals surface area contributed by atoms with Crippen LogP contribution in [-0.4, -0.2) is 51.6 Å². The maximum Gasteiger partial charge on any atom is 0.260 e. The lowest BCUT2D eigenvalue weighted by Crippen LogP contribution is -2.50. The highest BCUT2D eigenvalue weighted by Crippen LogP contribution is 2.41. The van der Waals surface area contributed by atoms with Crippen LogP contribution >= 0.6 is 0 Å². The molecule has 0 spiro atoms. The number of Topliss-reactive ketones (excluding diaryl/α,β-unsaturated/α-hetero) is 1. The van der Waals surface area contributed by atoms with Crippen molar-refractivity contribution in [1.82, 2.24) is 9.47 Å². The molecule has 1 N–H and O–H groups in total. The highest BCUT2D eigenvalue weighted by Gasteiger charge is 2.37. The minimum atomic E-state index is -0.672. The van der Waals surface area contributed by atoms with Crippen molar-refractivity contribution in [2.45, 2.75) is 44.8 Å². The molecule has 3 aliphatic heterocycles. The van der Waals surface area contributed by atoms with E-state index < -0.39 is 5.60 Å². The van der Waals surface area contributed by atoms with Crippen LogP contribution in [0, 0.1) is 5.92 Å². The predicted molar refractivity (Wildman–Crippen MR) is 115 cm³/mol. The van der Waals surface area contributed by atoms with Crippen LogP contribution in [0.1, 0.15) is 48.7 Å². The van der Waals surface area contributed by atoms with Gasteiger partial charge in [0.15, 0.2) is 12.4 Å². The maximum absolute atomic E-state index is 12.9. The number of amides is 1. The number of aromatic nitrogens is 1. The minimum absolute atomic E-state index is 0.0106. The van der Waals surface area contributed by atoms with Crippen molar-refractivity contribution in [3.05, 3.63) is 51.9 Å². The number of ketones is 1. The molecule has 0 radical (unpaired) electrons. The standard InChI is InChI=1S/C24H26N2O6/c1-24(2)9-19(28)23-18(27)7-16(8-20(23)32-24)31-13-22(30)25-10-14-6-15(12-25)17-4-3-5-21(29)26(17)11-14/h3-5,7-8,14-15,27H,6,9-13H2,1-2H3/t14-,15+/m0/s1. The second kappa shape index (κ2) is 7.39. The van der Waals surface area contributed by atoms with Gasteiger partial charge in [-0.1, -0.05) is 6.07 Å². The molecule has 2 bridgehead atoms. The van der Waals surface area contributed by atoms with E-state index in [0.29, 0.717) is 19.6 Å². The summed E-state index contributed by atoms with van der Waals surface area (Å²) >= 11 is 0. The molecule has 1 fully saturated rings. The van der Waals surface area contributed by atoms with Crippen LogP contribution in [0.3, 0.4) is 0 Å². The lowest BCUT2D eigenvalue weighted by molar-refractivity contribution is -0.136. The number of aromatic hydroxyl groups is 1. The molecule has 2 aromatic rings. The fourth-order valence-corrected chi connectivity index (χ4v) is 5.17. The molecule has 1 saturated heterocycles. The van der Waals surface area contributed by atoms with Crippen LogP contribution in [-0.2, 0) is 11.3 Å². The van der Waals surface area contributed by atoms with Gasteiger partial charge in [-0.05, 0) is 32.3 Å². The van der Waals surface area contributed by atoms with Crippen molar-refractivity contribution in [2.75, 3.05) is 19.7 Å². The van der Waals surface area contributed by atoms with Gasteiger partial charge in [-0.3, -0.25) is 14.4 Å². The van der Waals surface area contributed by atoms with E-state index in [0.717, 1.165) is 12.1 Å². The quantitative estimate of drug-likeness (QED) is 0.790. The number of carbonyl (C=O) groups excluding carboxylic acids is 2. The van der Waals surface area contributed by atoms with Gasteiger partial charge in [-0.2, -0.15) is 0 Å². The summed E-state index contributed by atoms with van der Waals surface area (Å²) in [6.07, 6.45) is 1.15. The normalized spacial score (nSPS) is 23.1. The largest absolute Gasteiger partial charge is 0.507 e. The SMILES string of the molecule is CC1(C)CC(=O)c2c(O)cc(OCC(=O)N3C[C@@H]4C[C@H](C3)c3cccc(=O)n3C4)cc2O1. The first kappa shape index (κ1) is 20.6. The Morgan fingerprint density at radius 1 is 1.22 bits per heavy atom. The van der Waals surface area contributed by atoms with Crippen LogP contribution in [0.15, 0.2) is 35.1 Å². The van der Waals surface area contributed by atoms with E-state index in [4.69, 9.17) is 9.47 Å². The van der Waals surface area contributed by atoms with E-state index in [2.05, 4.69) is 0 Å². The van der Waals surface area contributed by atoms with Gasteiger partial charge in [0, 0.05) is 49.4 Å². The lowest BCUT2D eigenvalue weighted by atomic mass is 9.83. The predicted octanol–water partition coefficient (Wildman–Crippen LogP) is 2.32. The minimum Gasteiger partial charge on any atom is -0.507 e. The second-order valence-electron chi connectivity index (χ2n) is 9.56. The molecular weight excluding hydrogens is 412 g/mol. The van der Waals surface area contributed by atoms with Gasteiger partial charge < -0.3 is 24.0 Å². The number of pyridine rings is 1. The molecule has 5 rings (SSSR count). The molecule has 0 aliphatic carbocycles. The highest BCUT2D eigenvalue weighted by atomic mass is 16.5. The van der Waals surface area contributed by atoms with Crippen molar-refractivity contribution in [3.63, 3.8) is 0 Å². The van der Waals surface area contributed by atoms with Gasteiger partial charge in [-0.25, -0.2) is 0 Å². The number of nitrogens with zero attached hydrogens (tertiary/aromatic N) is 2. The van der Waals surface area contributed by atoms with E-state index >= 15 is 0 Å². The Balaban J connectivity index is 1.29. The van der Waals surface area contributed by atoms with E-state index in [1.807, 2.05) is 10.6 Å². The number of piperidine rings is 1. The third-order valence-corrected chi connectivity index (χ3v) is 6.50. The number of ether oxygens (including phenoxy) is 2. The van der Waals surface area contributed by atoms with Gasteiger partial charge in [0.05, 0.1) is 6.42 Å². The third-order valence-electron chi connectivity index (χ3n) is 6.50. The van der Waals surface area contributed by atoms with E-state index in [1.165, 1.54) is 6.07 Å². The smallest absolute Gasteiger partial charge is 0.260 e. The molecule has 8 nitrogen and oxygen atoms in total. The Hall–Kier alpha value is -3.29. The summed E-state index contributed by atoms with van der Waals surface area (Å²) < 4.78 is 13.4. The summed E-state index contributed by atoms with van der Waals surface area (Å²) in [5, 5.41) is 10.3. The maximum atomic E-state index is 12.9. The van der Waals surface area contributed by atoms with Gasteiger partial charge in [-0.15, -0.1) is 0 Å². The monoisotopic (exact) mass is 438 g/mol. The number of carbonyl (C=O) groups is 2. The molecule has 0 unspecified atom stereocenters. The average molecular weight is 438 g/mol. The molecule has 168 valence electrons. The van der Waals surface area contributed by atoms with Crippen LogP contribution in [0.2, 0.25) is 0 Å². The Morgan fingerprint density at radius 3 is 2.84 bits per heavy atom. The molecule has 32 heavy (non-hydrogen) atoms. The first-order chi connectivity index (χ1) is 15.2. The fourth-order valence-electron chi connectivity index (χ4n) is 5.17. The number of fused-ring (bicyclic) bond motifs is 5. The number of likely N-dealkylation sites (tertiary alicyclic amines) is 1. The first-order valence-electron chi connectivity index (χ1n) is 10.9. The number of benzene rings is 1. The number of rotatable bonds is 3. The van der Waals surface area contributed by atoms with Crippen molar-refractivity contribution in [1.29, 1.82) is 0 Å². The lowest BCUT2D eigenvalue weighted by Gasteiger charge is -2.42. The molecule has 8 heteroatoms. The summed E-state index contributed by atoms with van der Waals surface area (Å²) in [4.78, 5) is 39.2. The van der Waals surface area contributed by atoms with Gasteiger partial charge >= 0.3 is 0 Å². The molecule has 1 aromatic heterocycles. The van der Waals surface area contributed by atoms with E-state index in [-0.39, 0.29) is 64.9 Å². The molecule has 1 amide bonds. The van der Waals surface area contributed by atoms with Gasteiger partial charge in [0.1, 0.15) is 28.4 Å². The Kier molecular flexibility index (Phi) is 4.76. The zero-order valence-corrected chi connectivity index (χ0v) is 18.2. The zero-order valence-electron chi connectivity index (χ0n) is 18.2. The van der Waals surface area contributed by atoms with Crippen LogP contribution in [0.5, 0.6) is 17.2 Å². The van der Waals surface area contributed by atoms with Crippen LogP contribution < -0.4 is 15.0 Å². The summed E-state index contributed by atoms with van der Waals surface area (Å²) in [7, 11) is 0. The molecule has 0 saturated carbocycles. The summed E-state index contributed by atoms with van der Waals surface area (Å²) in [6.45, 7) is 5.18. The van der Waals surface area contributed by atoms with Crippen molar-refractivity contribution in [3.8, 4) is 17.2 Å². The van der Waals surface area contributed by atoms with E-state index in [1.54, 1.807) is 36.9 Å². The summed E-state index contributed by atoms with van der Waals surface area (Å²) in [5.41, 5.74) is 0.475. The number of hydrogen-bond donors (Lipinski definition) is 1. The van der Waals surface area contributed by atoms with Gasteiger partial charge in [0.2, 0.25) is 0 Å². The Morgan fingerprint density at radius 2 is 2.03 bits per heavy atom. The third kappa shape index (κ3) is 3.63. The number of phenols is 1. The van der Waals surface area contributed by atoms with E-state index in [9.17, 15) is 19.5 Å². The number of hydrogen-bond acceptors (Lipinski definition) is 6. The molecule has 3 aliphatic rings. The van der Waals surface area contributed by atoms with Crippen molar-refractivity contribution >= 4 is 11.7 Å². The molecule has 1 aromatic carbocycles. The van der Waals surface area contributed by atoms with Gasteiger partial charge in [0.25, 0.3) is 11.5 Å². The van der Waals surface area contributed by atoms with Crippen molar-refractivity contribution < 1.29 is 24.2 Å². The molecule has 2 atom stereocenters. The Bertz CT molecular complexity index is 1170. The first-order valence-corrected chi connectivity index (χ1v) is 10.9. The average Bonchev–Trinajstić information content (AvgIpc) is 2.71. The Labute approximate surface area is 185 Å².